The molecule has 0 aromatic rings. The largest absolute Gasteiger partial charge is 0.469 e. The lowest BCUT2D eigenvalue weighted by Crippen LogP contribution is -2.41. The van der Waals surface area contributed by atoms with Crippen molar-refractivity contribution in [3.05, 3.63) is 60.8 Å². The van der Waals surface area contributed by atoms with Crippen LogP contribution in [0.4, 0.5) is 0 Å². The zero-order chi connectivity index (χ0) is 21.2. The standard InChI is InChI=1S/C19H27O8P/c1-3-4-5-6-7-9-15(20)14-17(27-28(23,24)25)19(2,22)13-12-16-10-8-11-18(21)26-16/h3-9,11-13,15-17,20,22H,10,14H2,1-2H3,(H2,23,24,25)/b4-3+,6-5+,9-7+,13-12+. The van der Waals surface area contributed by atoms with Crippen molar-refractivity contribution in [1.29, 1.82) is 0 Å². The summed E-state index contributed by atoms with van der Waals surface area (Å²) in [5.41, 5.74) is -1.84. The van der Waals surface area contributed by atoms with Gasteiger partial charge in [0.05, 0.1) is 6.10 Å². The second kappa shape index (κ2) is 11.3. The van der Waals surface area contributed by atoms with Gasteiger partial charge in [0.1, 0.15) is 17.8 Å². The van der Waals surface area contributed by atoms with Gasteiger partial charge in [0.2, 0.25) is 0 Å². The van der Waals surface area contributed by atoms with E-state index in [0.717, 1.165) is 0 Å². The summed E-state index contributed by atoms with van der Waals surface area (Å²) in [4.78, 5) is 29.5. The van der Waals surface area contributed by atoms with Crippen LogP contribution in [0.25, 0.3) is 0 Å². The second-order valence-corrected chi connectivity index (χ2v) is 7.57. The Morgan fingerprint density at radius 3 is 2.64 bits per heavy atom. The highest BCUT2D eigenvalue weighted by Crippen LogP contribution is 2.41. The van der Waals surface area contributed by atoms with Crippen LogP contribution in [-0.4, -0.2) is 49.9 Å². The van der Waals surface area contributed by atoms with Crippen LogP contribution in [0.15, 0.2) is 60.8 Å². The molecule has 0 aromatic heterocycles. The number of carbonyl (C=O) groups is 1. The molecule has 0 radical (unpaired) electrons. The molecule has 156 valence electrons. The number of rotatable bonds is 10. The van der Waals surface area contributed by atoms with E-state index < -0.39 is 37.7 Å². The van der Waals surface area contributed by atoms with E-state index >= 15 is 0 Å². The molecule has 0 saturated heterocycles. The summed E-state index contributed by atoms with van der Waals surface area (Å²) in [5, 5.41) is 20.8. The number of esters is 1. The minimum Gasteiger partial charge on any atom is -0.455 e. The molecule has 0 fully saturated rings. The minimum atomic E-state index is -4.93. The van der Waals surface area contributed by atoms with Gasteiger partial charge in [0.15, 0.2) is 0 Å². The Kier molecular flexibility index (Phi) is 9.75. The predicted octanol–water partition coefficient (Wildman–Crippen LogP) is 2.08. The van der Waals surface area contributed by atoms with Crippen molar-refractivity contribution < 1.29 is 38.6 Å². The van der Waals surface area contributed by atoms with E-state index in [2.05, 4.69) is 0 Å². The molecule has 8 nitrogen and oxygen atoms in total. The average molecular weight is 414 g/mol. The molecule has 1 aliphatic heterocycles. The molecule has 4 N–H and O–H groups in total. The topological polar surface area (TPSA) is 134 Å². The summed E-state index contributed by atoms with van der Waals surface area (Å²) in [5.74, 6) is -0.518. The second-order valence-electron chi connectivity index (χ2n) is 6.38. The van der Waals surface area contributed by atoms with Gasteiger partial charge in [-0.2, -0.15) is 0 Å². The summed E-state index contributed by atoms with van der Waals surface area (Å²) in [6, 6.07) is 0. The van der Waals surface area contributed by atoms with Gasteiger partial charge in [-0.05, 0) is 19.9 Å². The smallest absolute Gasteiger partial charge is 0.455 e. The minimum absolute atomic E-state index is 0.277. The number of cyclic esters (lactones) is 1. The Morgan fingerprint density at radius 2 is 2.04 bits per heavy atom. The number of carbonyl (C=O) groups excluding carboxylic acids is 1. The SMILES string of the molecule is C/C=C/C=C/C=C/C(O)CC(OP(=O)(O)O)C(C)(O)/C=C/C1CC=CC(=O)O1. The highest BCUT2D eigenvalue weighted by atomic mass is 31.2. The van der Waals surface area contributed by atoms with Crippen LogP contribution in [-0.2, 0) is 18.6 Å². The van der Waals surface area contributed by atoms with Crippen LogP contribution >= 0.6 is 7.82 Å². The summed E-state index contributed by atoms with van der Waals surface area (Å²) >= 11 is 0. The maximum absolute atomic E-state index is 11.3. The van der Waals surface area contributed by atoms with Crippen LogP contribution < -0.4 is 0 Å². The van der Waals surface area contributed by atoms with Crippen LogP contribution in [0.3, 0.4) is 0 Å². The molecule has 0 spiro atoms. The zero-order valence-corrected chi connectivity index (χ0v) is 16.7. The third-order valence-electron chi connectivity index (χ3n) is 3.77. The lowest BCUT2D eigenvalue weighted by molar-refractivity contribution is -0.141. The first kappa shape index (κ1) is 24.2. The first-order valence-electron chi connectivity index (χ1n) is 8.70. The fourth-order valence-electron chi connectivity index (χ4n) is 2.35. The summed E-state index contributed by atoms with van der Waals surface area (Å²) in [7, 11) is -4.93. The van der Waals surface area contributed by atoms with Gasteiger partial charge in [-0.25, -0.2) is 9.36 Å². The molecule has 1 rings (SSSR count). The molecule has 0 amide bonds. The maximum Gasteiger partial charge on any atom is 0.469 e. The molecule has 9 heteroatoms. The summed E-state index contributed by atoms with van der Waals surface area (Å²) in [6.45, 7) is 3.14. The van der Waals surface area contributed by atoms with Crippen molar-refractivity contribution in [2.24, 2.45) is 0 Å². The van der Waals surface area contributed by atoms with Gasteiger partial charge in [-0.3, -0.25) is 4.52 Å². The van der Waals surface area contributed by atoms with Gasteiger partial charge in [-0.15, -0.1) is 0 Å². The van der Waals surface area contributed by atoms with Gasteiger partial charge in [0, 0.05) is 18.9 Å². The molecule has 0 aliphatic carbocycles. The Hall–Kier alpha value is -1.80. The molecule has 4 unspecified atom stereocenters. The average Bonchev–Trinajstić information content (AvgIpc) is 2.58. The Labute approximate surface area is 164 Å². The van der Waals surface area contributed by atoms with Crippen molar-refractivity contribution in [3.8, 4) is 0 Å². The van der Waals surface area contributed by atoms with Gasteiger partial charge < -0.3 is 24.7 Å². The van der Waals surface area contributed by atoms with E-state index in [1.165, 1.54) is 31.2 Å². The van der Waals surface area contributed by atoms with Crippen molar-refractivity contribution in [1.82, 2.24) is 0 Å². The fraction of sp³-hybridized carbons (Fsp3) is 0.421. The van der Waals surface area contributed by atoms with E-state index in [9.17, 15) is 19.6 Å². The number of aliphatic hydroxyl groups is 2. The number of ether oxygens (including phenoxy) is 1. The first-order valence-corrected chi connectivity index (χ1v) is 10.2. The van der Waals surface area contributed by atoms with Crippen LogP contribution in [0.2, 0.25) is 0 Å². The number of hydrogen-bond acceptors (Lipinski definition) is 6. The lowest BCUT2D eigenvalue weighted by Gasteiger charge is -2.31. The van der Waals surface area contributed by atoms with Crippen molar-refractivity contribution in [2.75, 3.05) is 0 Å². The molecular weight excluding hydrogens is 387 g/mol. The fourth-order valence-corrected chi connectivity index (χ4v) is 2.98. The van der Waals surface area contributed by atoms with E-state index in [-0.39, 0.29) is 6.42 Å². The van der Waals surface area contributed by atoms with Crippen LogP contribution in [0, 0.1) is 0 Å². The molecule has 4 atom stereocenters. The third kappa shape index (κ3) is 9.94. The van der Waals surface area contributed by atoms with Gasteiger partial charge in [0.25, 0.3) is 0 Å². The Balaban J connectivity index is 2.87. The van der Waals surface area contributed by atoms with Crippen molar-refractivity contribution in [2.45, 2.75) is 50.6 Å². The number of aliphatic hydroxyl groups excluding tert-OH is 1. The molecular formula is C19H27O8P. The molecule has 28 heavy (non-hydrogen) atoms. The number of hydrogen-bond donors (Lipinski definition) is 4. The quantitative estimate of drug-likeness (QED) is 0.185. The molecule has 0 aromatic carbocycles. The first-order chi connectivity index (χ1) is 13.0. The maximum atomic E-state index is 11.3. The number of phosphoric ester groups is 1. The molecule has 1 heterocycles. The van der Waals surface area contributed by atoms with E-state index in [0.29, 0.717) is 6.42 Å². The van der Waals surface area contributed by atoms with E-state index in [1.807, 2.05) is 13.0 Å². The van der Waals surface area contributed by atoms with E-state index in [4.69, 9.17) is 19.0 Å². The van der Waals surface area contributed by atoms with E-state index in [1.54, 1.807) is 30.4 Å². The third-order valence-corrected chi connectivity index (χ3v) is 4.30. The van der Waals surface area contributed by atoms with Crippen molar-refractivity contribution >= 4 is 13.8 Å². The van der Waals surface area contributed by atoms with Crippen LogP contribution in [0.5, 0.6) is 0 Å². The number of allylic oxidation sites excluding steroid dienone is 5. The normalized spacial score (nSPS) is 22.9. The monoisotopic (exact) mass is 414 g/mol. The zero-order valence-electron chi connectivity index (χ0n) is 15.8. The molecule has 0 bridgehead atoms. The van der Waals surface area contributed by atoms with Gasteiger partial charge in [-0.1, -0.05) is 48.6 Å². The molecule has 1 aliphatic rings. The highest BCUT2D eigenvalue weighted by Gasteiger charge is 2.37. The van der Waals surface area contributed by atoms with Crippen molar-refractivity contribution in [3.63, 3.8) is 0 Å². The summed E-state index contributed by atoms with van der Waals surface area (Å²) in [6.07, 6.45) is 12.6. The Morgan fingerprint density at radius 1 is 1.36 bits per heavy atom. The van der Waals surface area contributed by atoms with Crippen LogP contribution in [0.1, 0.15) is 26.7 Å². The van der Waals surface area contributed by atoms with Gasteiger partial charge >= 0.3 is 13.8 Å². The molecule has 0 saturated carbocycles. The number of phosphoric acid groups is 1. The summed E-state index contributed by atoms with van der Waals surface area (Å²) < 4.78 is 21.0. The Bertz CT molecular complexity index is 699. The highest BCUT2D eigenvalue weighted by molar-refractivity contribution is 7.46. The lowest BCUT2D eigenvalue weighted by atomic mass is 9.93. The predicted molar refractivity (Wildman–Crippen MR) is 104 cm³/mol.